The molecule has 1 aliphatic rings. The smallest absolute Gasteiger partial charge is 0.338 e. The van der Waals surface area contributed by atoms with Crippen LogP contribution in [0, 0.1) is 0 Å². The van der Waals surface area contributed by atoms with Crippen molar-refractivity contribution in [2.24, 2.45) is 0 Å². The van der Waals surface area contributed by atoms with E-state index in [-0.39, 0.29) is 13.2 Å². The van der Waals surface area contributed by atoms with Gasteiger partial charge in [0.2, 0.25) is 0 Å². The van der Waals surface area contributed by atoms with E-state index in [1.807, 2.05) is 0 Å². The lowest BCUT2D eigenvalue weighted by Gasteiger charge is -2.21. The maximum atomic E-state index is 9.90. The van der Waals surface area contributed by atoms with Crippen LogP contribution >= 0.6 is 0 Å². The van der Waals surface area contributed by atoms with E-state index in [1.165, 1.54) is 0 Å². The normalized spacial score (nSPS) is 33.1. The molecule has 1 heterocycles. The molecule has 0 spiro atoms. The molecule has 11 heteroatoms. The minimum absolute atomic E-state index is 0.243. The quantitative estimate of drug-likeness (QED) is 0.377. The van der Waals surface area contributed by atoms with Crippen molar-refractivity contribution in [1.29, 1.82) is 0 Å². The van der Waals surface area contributed by atoms with Gasteiger partial charge in [0, 0.05) is 27.3 Å². The van der Waals surface area contributed by atoms with Gasteiger partial charge in [0.25, 0.3) is 0 Å². The van der Waals surface area contributed by atoms with E-state index in [0.29, 0.717) is 25.5 Å². The summed E-state index contributed by atoms with van der Waals surface area (Å²) in [6.45, 7) is 3.15. The fourth-order valence-electron chi connectivity index (χ4n) is 2.25. The molecule has 0 aromatic rings. The van der Waals surface area contributed by atoms with Crippen molar-refractivity contribution in [3.63, 3.8) is 0 Å². The van der Waals surface area contributed by atoms with Gasteiger partial charge in [-0.15, -0.1) is 0 Å². The van der Waals surface area contributed by atoms with Gasteiger partial charge in [-0.2, -0.15) is 0 Å². The van der Waals surface area contributed by atoms with Crippen LogP contribution in [0.15, 0.2) is 0 Å². The van der Waals surface area contributed by atoms with Crippen LogP contribution in [0.4, 0.5) is 0 Å². The van der Waals surface area contributed by atoms with E-state index in [9.17, 15) is 10.2 Å². The zero-order chi connectivity index (χ0) is 18.3. The molecule has 0 radical (unpaired) electrons. The molecule has 1 aliphatic heterocycles. The molecule has 1 rings (SSSR count). The van der Waals surface area contributed by atoms with E-state index >= 15 is 0 Å². The Balaban J connectivity index is 2.45. The average molecular weight is 399 g/mol. The number of β-amino-alcohol motifs (C(OH)–C–C–N with tert-alkyl or cyclic N) is 2. The van der Waals surface area contributed by atoms with Crippen molar-refractivity contribution in [2.45, 2.75) is 25.0 Å². The fourth-order valence-corrected chi connectivity index (χ4v) is 6.05. The zero-order valence-corrected chi connectivity index (χ0v) is 17.6. The lowest BCUT2D eigenvalue weighted by molar-refractivity contribution is 0.0419. The second-order valence-corrected chi connectivity index (χ2v) is 10.4. The third-order valence-corrected chi connectivity index (χ3v) is 8.17. The molecule has 4 N–H and O–H groups in total. The van der Waals surface area contributed by atoms with Crippen LogP contribution in [0.25, 0.3) is 0 Å². The van der Waals surface area contributed by atoms with Gasteiger partial charge in [0.1, 0.15) is 0 Å². The van der Waals surface area contributed by atoms with Crippen LogP contribution in [-0.4, -0.2) is 107 Å². The Kier molecular flexibility index (Phi) is 14.0. The highest BCUT2D eigenvalue weighted by Crippen LogP contribution is 1.98. The van der Waals surface area contributed by atoms with Gasteiger partial charge in [-0.1, -0.05) is 0 Å². The van der Waals surface area contributed by atoms with Crippen LogP contribution in [0.1, 0.15) is 12.8 Å². The first-order valence-electron chi connectivity index (χ1n) is 8.79. The largest absolute Gasteiger partial charge is 0.417 e. The van der Waals surface area contributed by atoms with Gasteiger partial charge < -0.3 is 43.3 Å². The summed E-state index contributed by atoms with van der Waals surface area (Å²) in [4.78, 5) is 0. The molecule has 1 saturated heterocycles. The molecule has 4 atom stereocenters. The Morgan fingerprint density at radius 2 is 1.28 bits per heavy atom. The molecule has 0 amide bonds. The van der Waals surface area contributed by atoms with Crippen molar-refractivity contribution in [3.05, 3.63) is 0 Å². The van der Waals surface area contributed by atoms with Crippen LogP contribution in [0.3, 0.4) is 0 Å². The molecule has 0 aliphatic carbocycles. The standard InChI is InChI=1S/C14H34N2O7Si2/c1-19-24-11-21-9-13(17)7-15-5-3-4-6-16-8-14(18)10-22-12-25(20-2)23-24/h13-18,24-25H,3-12H2,1-2H3. The summed E-state index contributed by atoms with van der Waals surface area (Å²) in [6, 6.07) is 0. The second kappa shape index (κ2) is 15.2. The fraction of sp³-hybridized carbons (Fsp3) is 1.00. The number of ether oxygens (including phenoxy) is 2. The zero-order valence-electron chi connectivity index (χ0n) is 15.3. The van der Waals surface area contributed by atoms with Crippen molar-refractivity contribution >= 4 is 18.6 Å². The second-order valence-electron chi connectivity index (χ2n) is 5.96. The van der Waals surface area contributed by atoms with Gasteiger partial charge in [-0.05, 0) is 25.9 Å². The minimum atomic E-state index is -2.02. The molecule has 0 bridgehead atoms. The Labute approximate surface area is 153 Å². The molecular formula is C14H34N2O7Si2. The molecule has 1 fully saturated rings. The van der Waals surface area contributed by atoms with E-state index in [4.69, 9.17) is 22.4 Å². The first-order chi connectivity index (χ1) is 12.2. The minimum Gasteiger partial charge on any atom is -0.417 e. The Hall–Kier alpha value is 0.0738. The highest BCUT2D eigenvalue weighted by atomic mass is 28.4. The Bertz CT molecular complexity index is 293. The number of rotatable bonds is 2. The topological polar surface area (TPSA) is 111 Å². The van der Waals surface area contributed by atoms with Gasteiger partial charge in [-0.25, -0.2) is 0 Å². The highest BCUT2D eigenvalue weighted by Gasteiger charge is 2.22. The molecule has 4 unspecified atom stereocenters. The number of nitrogens with one attached hydrogen (secondary N) is 2. The monoisotopic (exact) mass is 398 g/mol. The lowest BCUT2D eigenvalue weighted by Crippen LogP contribution is -2.41. The molecular weight excluding hydrogens is 364 g/mol. The first-order valence-corrected chi connectivity index (χ1v) is 12.3. The molecule has 0 aromatic carbocycles. The summed E-state index contributed by atoms with van der Waals surface area (Å²) in [6.07, 6.45) is 1.57. The van der Waals surface area contributed by atoms with Crippen molar-refractivity contribution < 1.29 is 32.7 Å². The van der Waals surface area contributed by atoms with Gasteiger partial charge in [0.05, 0.1) is 37.9 Å². The third kappa shape index (κ3) is 12.1. The summed E-state index contributed by atoms with van der Waals surface area (Å²) in [5.74, 6) is 0. The number of hydrogen-bond donors (Lipinski definition) is 4. The SMILES string of the molecule is CO[SiH]1COCC(O)CNCCCCNCC(O)COC[SiH](OC)O1. The van der Waals surface area contributed by atoms with Crippen molar-refractivity contribution in [1.82, 2.24) is 10.6 Å². The van der Waals surface area contributed by atoms with Crippen LogP contribution in [0.5, 0.6) is 0 Å². The number of hydrogen-bond acceptors (Lipinski definition) is 9. The number of aliphatic hydroxyl groups is 2. The maximum Gasteiger partial charge on any atom is 0.338 e. The molecule has 150 valence electrons. The van der Waals surface area contributed by atoms with Gasteiger partial charge in [-0.3, -0.25) is 0 Å². The first kappa shape index (κ1) is 23.1. The van der Waals surface area contributed by atoms with E-state index in [0.717, 1.165) is 25.9 Å². The van der Waals surface area contributed by atoms with Gasteiger partial charge in [0.15, 0.2) is 0 Å². The van der Waals surface area contributed by atoms with Gasteiger partial charge >= 0.3 is 18.6 Å². The van der Waals surface area contributed by atoms with E-state index in [1.54, 1.807) is 14.2 Å². The Morgan fingerprint density at radius 3 is 1.68 bits per heavy atom. The predicted octanol–water partition coefficient (Wildman–Crippen LogP) is -2.46. The maximum absolute atomic E-state index is 9.90. The average Bonchev–Trinajstić information content (AvgIpc) is 2.61. The summed E-state index contributed by atoms with van der Waals surface area (Å²) in [7, 11) is -0.869. The predicted molar refractivity (Wildman–Crippen MR) is 98.0 cm³/mol. The number of aliphatic hydroxyl groups excluding tert-OH is 2. The molecule has 0 saturated carbocycles. The third-order valence-electron chi connectivity index (χ3n) is 3.67. The van der Waals surface area contributed by atoms with E-state index in [2.05, 4.69) is 10.6 Å². The van der Waals surface area contributed by atoms with Crippen LogP contribution < -0.4 is 10.6 Å². The van der Waals surface area contributed by atoms with Crippen molar-refractivity contribution in [3.8, 4) is 0 Å². The Morgan fingerprint density at radius 1 is 0.840 bits per heavy atom. The molecule has 25 heavy (non-hydrogen) atoms. The summed E-state index contributed by atoms with van der Waals surface area (Å²) in [5, 5.41) is 26.2. The van der Waals surface area contributed by atoms with Crippen molar-refractivity contribution in [2.75, 3.05) is 66.1 Å². The van der Waals surface area contributed by atoms with Crippen LogP contribution in [-0.2, 0) is 22.4 Å². The van der Waals surface area contributed by atoms with E-state index < -0.39 is 30.8 Å². The summed E-state index contributed by atoms with van der Waals surface area (Å²) < 4.78 is 27.7. The molecule has 0 aromatic heterocycles. The summed E-state index contributed by atoms with van der Waals surface area (Å²) in [5.41, 5.74) is 0. The summed E-state index contributed by atoms with van der Waals surface area (Å²) >= 11 is 0. The highest BCUT2D eigenvalue weighted by molar-refractivity contribution is 6.59. The van der Waals surface area contributed by atoms with Crippen LogP contribution in [0.2, 0.25) is 0 Å². The lowest BCUT2D eigenvalue weighted by atomic mass is 10.3. The molecule has 9 nitrogen and oxygen atoms in total.